The van der Waals surface area contributed by atoms with Crippen LogP contribution in [-0.4, -0.2) is 23.2 Å². The number of aromatic nitrogens is 2. The molecule has 4 rings (SSSR count). The molecule has 0 spiro atoms. The largest absolute Gasteiger partial charge is 0.497 e. The lowest BCUT2D eigenvalue weighted by Gasteiger charge is -2.01. The van der Waals surface area contributed by atoms with Crippen molar-refractivity contribution in [1.29, 1.82) is 0 Å². The van der Waals surface area contributed by atoms with Gasteiger partial charge < -0.3 is 19.0 Å². The number of fused-ring (bicyclic) bond motifs is 1. The fourth-order valence-corrected chi connectivity index (χ4v) is 2.75. The van der Waals surface area contributed by atoms with Gasteiger partial charge in [0.2, 0.25) is 0 Å². The van der Waals surface area contributed by atoms with E-state index in [1.807, 2.05) is 48.5 Å². The van der Waals surface area contributed by atoms with Crippen LogP contribution in [0.1, 0.15) is 16.1 Å². The van der Waals surface area contributed by atoms with E-state index in [1.54, 1.807) is 19.4 Å². The maximum Gasteiger partial charge on any atom is 0.340 e. The zero-order valence-corrected chi connectivity index (χ0v) is 14.1. The average molecular weight is 348 g/mol. The zero-order chi connectivity index (χ0) is 17.9. The highest BCUT2D eigenvalue weighted by atomic mass is 16.5. The Balaban J connectivity index is 1.47. The summed E-state index contributed by atoms with van der Waals surface area (Å²) in [6, 6.07) is 16.8. The second kappa shape index (κ2) is 6.76. The number of hydrogen-bond donors (Lipinski definition) is 1. The van der Waals surface area contributed by atoms with Crippen LogP contribution in [0, 0.1) is 0 Å². The van der Waals surface area contributed by atoms with Gasteiger partial charge in [-0.05, 0) is 18.2 Å². The smallest absolute Gasteiger partial charge is 0.340 e. The van der Waals surface area contributed by atoms with E-state index >= 15 is 0 Å². The second-order valence-electron chi connectivity index (χ2n) is 5.74. The van der Waals surface area contributed by atoms with Crippen LogP contribution in [0.4, 0.5) is 0 Å². The van der Waals surface area contributed by atoms with Crippen molar-refractivity contribution < 1.29 is 18.8 Å². The van der Waals surface area contributed by atoms with Crippen molar-refractivity contribution in [3.05, 3.63) is 72.1 Å². The molecule has 2 heterocycles. The van der Waals surface area contributed by atoms with Gasteiger partial charge in [-0.3, -0.25) is 0 Å². The lowest BCUT2D eigenvalue weighted by molar-refractivity contribution is 0.0466. The topological polar surface area (TPSA) is 77.4 Å². The van der Waals surface area contributed by atoms with E-state index in [4.69, 9.17) is 14.0 Å². The number of hydrogen-bond acceptors (Lipinski definition) is 5. The summed E-state index contributed by atoms with van der Waals surface area (Å²) >= 11 is 0. The summed E-state index contributed by atoms with van der Waals surface area (Å²) in [5, 5.41) is 4.79. The first-order valence-corrected chi connectivity index (χ1v) is 8.08. The van der Waals surface area contributed by atoms with Crippen LogP contribution in [-0.2, 0) is 11.3 Å². The molecule has 0 fully saturated rings. The summed E-state index contributed by atoms with van der Waals surface area (Å²) in [5.74, 6) is 0.904. The van der Waals surface area contributed by atoms with Crippen LogP contribution in [0.15, 0.2) is 65.3 Å². The number of benzene rings is 2. The van der Waals surface area contributed by atoms with E-state index in [1.165, 1.54) is 0 Å². The summed E-state index contributed by atoms with van der Waals surface area (Å²) in [4.78, 5) is 15.4. The van der Waals surface area contributed by atoms with Crippen molar-refractivity contribution in [2.45, 2.75) is 6.61 Å². The molecule has 0 saturated heterocycles. The van der Waals surface area contributed by atoms with Crippen molar-refractivity contribution in [2.24, 2.45) is 0 Å². The van der Waals surface area contributed by atoms with Gasteiger partial charge in [0.25, 0.3) is 0 Å². The maximum atomic E-state index is 12.3. The normalized spacial score (nSPS) is 10.8. The van der Waals surface area contributed by atoms with Crippen LogP contribution in [0.3, 0.4) is 0 Å². The molecule has 0 amide bonds. The van der Waals surface area contributed by atoms with Gasteiger partial charge in [0.15, 0.2) is 5.76 Å². The Bertz CT molecular complexity index is 1060. The molecule has 2 aromatic heterocycles. The fraction of sp³-hybridized carbons (Fsp3) is 0.100. The van der Waals surface area contributed by atoms with Crippen molar-refractivity contribution in [3.63, 3.8) is 0 Å². The Kier molecular flexibility index (Phi) is 4.15. The minimum absolute atomic E-state index is 0.0335. The Morgan fingerprint density at radius 1 is 1.15 bits per heavy atom. The molecule has 0 saturated carbocycles. The van der Waals surface area contributed by atoms with Crippen LogP contribution in [0.25, 0.3) is 22.2 Å². The first-order chi connectivity index (χ1) is 12.7. The third kappa shape index (κ3) is 3.04. The number of methoxy groups -OCH3 is 1. The molecular weight excluding hydrogens is 332 g/mol. The lowest BCUT2D eigenvalue weighted by Crippen LogP contribution is -2.04. The Morgan fingerprint density at radius 3 is 2.92 bits per heavy atom. The number of carbonyl (C=O) groups is 1. The van der Waals surface area contributed by atoms with Gasteiger partial charge in [0.1, 0.15) is 18.1 Å². The van der Waals surface area contributed by atoms with Crippen molar-refractivity contribution in [3.8, 4) is 17.1 Å². The standard InChI is InChI=1S/C20H16N2O4/c1-24-15-6-4-5-13(9-15)19-10-14(22-26-19)12-25-20(23)17-11-21-18-8-3-2-7-16(17)18/h2-11,21H,12H2,1H3. The molecule has 4 aromatic rings. The quantitative estimate of drug-likeness (QED) is 0.547. The minimum Gasteiger partial charge on any atom is -0.497 e. The Hall–Kier alpha value is -3.54. The van der Waals surface area contributed by atoms with Crippen LogP contribution in [0.2, 0.25) is 0 Å². The molecule has 0 unspecified atom stereocenters. The molecule has 2 aromatic carbocycles. The van der Waals surface area contributed by atoms with E-state index in [2.05, 4.69) is 10.1 Å². The highest BCUT2D eigenvalue weighted by molar-refractivity contribution is 6.03. The first kappa shape index (κ1) is 16.0. The molecule has 130 valence electrons. The SMILES string of the molecule is COc1cccc(-c2cc(COC(=O)c3c[nH]c4ccccc34)no2)c1. The van der Waals surface area contributed by atoms with E-state index in [0.717, 1.165) is 22.2 Å². The number of ether oxygens (including phenoxy) is 2. The predicted octanol–water partition coefficient (Wildman–Crippen LogP) is 4.19. The van der Waals surface area contributed by atoms with Gasteiger partial charge >= 0.3 is 5.97 Å². The van der Waals surface area contributed by atoms with Gasteiger partial charge in [-0.15, -0.1) is 0 Å². The van der Waals surface area contributed by atoms with Crippen molar-refractivity contribution >= 4 is 16.9 Å². The number of carbonyl (C=O) groups excluding carboxylic acids is 1. The summed E-state index contributed by atoms with van der Waals surface area (Å²) in [6.07, 6.45) is 1.65. The van der Waals surface area contributed by atoms with Gasteiger partial charge in [-0.2, -0.15) is 0 Å². The number of H-pyrrole nitrogens is 1. The first-order valence-electron chi connectivity index (χ1n) is 8.08. The van der Waals surface area contributed by atoms with E-state index in [9.17, 15) is 4.79 Å². The predicted molar refractivity (Wildman–Crippen MR) is 95.9 cm³/mol. The fourth-order valence-electron chi connectivity index (χ4n) is 2.75. The second-order valence-corrected chi connectivity index (χ2v) is 5.74. The molecular formula is C20H16N2O4. The maximum absolute atomic E-state index is 12.3. The minimum atomic E-state index is -0.409. The molecule has 0 atom stereocenters. The van der Waals surface area contributed by atoms with Gasteiger partial charge in [0.05, 0.1) is 12.7 Å². The van der Waals surface area contributed by atoms with Gasteiger partial charge in [0, 0.05) is 28.7 Å². The summed E-state index contributed by atoms with van der Waals surface area (Å²) in [6.45, 7) is 0.0335. The summed E-state index contributed by atoms with van der Waals surface area (Å²) < 4.78 is 15.9. The summed E-state index contributed by atoms with van der Waals surface area (Å²) in [5.41, 5.74) is 2.76. The number of nitrogens with zero attached hydrogens (tertiary/aromatic N) is 1. The number of rotatable bonds is 5. The van der Waals surface area contributed by atoms with Crippen LogP contribution < -0.4 is 4.74 Å². The van der Waals surface area contributed by atoms with Gasteiger partial charge in [-0.25, -0.2) is 4.79 Å². The zero-order valence-electron chi connectivity index (χ0n) is 14.1. The number of nitrogens with one attached hydrogen (secondary N) is 1. The van der Waals surface area contributed by atoms with E-state index in [-0.39, 0.29) is 6.61 Å². The lowest BCUT2D eigenvalue weighted by atomic mass is 10.1. The van der Waals surface area contributed by atoms with E-state index in [0.29, 0.717) is 17.0 Å². The molecule has 6 nitrogen and oxygen atoms in total. The molecule has 0 bridgehead atoms. The molecule has 6 heteroatoms. The highest BCUT2D eigenvalue weighted by Crippen LogP contribution is 2.25. The van der Waals surface area contributed by atoms with Crippen LogP contribution in [0.5, 0.6) is 5.75 Å². The van der Waals surface area contributed by atoms with Gasteiger partial charge in [-0.1, -0.05) is 35.5 Å². The number of para-hydroxylation sites is 1. The molecule has 26 heavy (non-hydrogen) atoms. The molecule has 0 aliphatic heterocycles. The third-order valence-corrected chi connectivity index (χ3v) is 4.07. The average Bonchev–Trinajstić information content (AvgIpc) is 3.33. The molecule has 0 radical (unpaired) electrons. The monoisotopic (exact) mass is 348 g/mol. The molecule has 0 aliphatic rings. The van der Waals surface area contributed by atoms with E-state index < -0.39 is 5.97 Å². The Morgan fingerprint density at radius 2 is 2.04 bits per heavy atom. The molecule has 0 aliphatic carbocycles. The van der Waals surface area contributed by atoms with Crippen molar-refractivity contribution in [2.75, 3.05) is 7.11 Å². The number of esters is 1. The Labute approximate surface area is 149 Å². The van der Waals surface area contributed by atoms with Crippen molar-refractivity contribution in [1.82, 2.24) is 10.1 Å². The third-order valence-electron chi connectivity index (χ3n) is 4.07. The summed E-state index contributed by atoms with van der Waals surface area (Å²) in [7, 11) is 1.61. The molecule has 1 N–H and O–H groups in total. The van der Waals surface area contributed by atoms with Crippen LogP contribution >= 0.6 is 0 Å². The highest BCUT2D eigenvalue weighted by Gasteiger charge is 2.15. The number of aromatic amines is 1.